The molecule has 94 heavy (non-hydrogen) atoms. The van der Waals surface area contributed by atoms with Gasteiger partial charge in [-0.25, -0.2) is 0 Å². The van der Waals surface area contributed by atoms with Gasteiger partial charge >= 0.3 is 0 Å². The summed E-state index contributed by atoms with van der Waals surface area (Å²) in [6, 6.07) is 9.01. The van der Waals surface area contributed by atoms with Crippen LogP contribution in [0.1, 0.15) is 139 Å². The molecule has 0 bridgehead atoms. The Morgan fingerprint density at radius 1 is 0.426 bits per heavy atom. The maximum absolute atomic E-state index is 11.7. The van der Waals surface area contributed by atoms with Gasteiger partial charge in [0.25, 0.3) is 6.71 Å². The Morgan fingerprint density at radius 3 is 1.34 bits per heavy atom. The summed E-state index contributed by atoms with van der Waals surface area (Å²) in [5, 5.41) is 0.155. The number of nitrogens with zero attached hydrogens (tertiary/aromatic N) is 4. The van der Waals surface area contributed by atoms with E-state index in [4.69, 9.17) is 5.48 Å². The molecule has 5 heterocycles. The van der Waals surface area contributed by atoms with E-state index in [0.717, 1.165) is 29.3 Å². The van der Waals surface area contributed by atoms with Crippen molar-refractivity contribution in [3.8, 4) is 33.6 Å². The molecule has 3 aromatic heterocycles. The summed E-state index contributed by atoms with van der Waals surface area (Å²) >= 11 is 1.51. The molecule has 2 aliphatic rings. The molecule has 15 aromatic rings. The summed E-state index contributed by atoms with van der Waals surface area (Å²) < 4.78 is 268. The Labute approximate surface area is 593 Å². The lowest BCUT2D eigenvalue weighted by atomic mass is 9.33. The average Bonchev–Trinajstić information content (AvgIpc) is 1.10. The third kappa shape index (κ3) is 9.14. The number of fused-ring (bicyclic) bond motifs is 13. The Kier molecular flexibility index (Phi) is 8.72. The first kappa shape index (κ1) is 36.5. The van der Waals surface area contributed by atoms with Crippen LogP contribution in [0.2, 0.25) is 0 Å². The third-order valence-electron chi connectivity index (χ3n) is 18.3. The van der Waals surface area contributed by atoms with Gasteiger partial charge in [-0.2, -0.15) is 0 Å². The van der Waals surface area contributed by atoms with Crippen molar-refractivity contribution in [1.82, 2.24) is 9.13 Å². The van der Waals surface area contributed by atoms with Crippen LogP contribution >= 0.6 is 11.3 Å². The molecule has 0 fully saturated rings. The third-order valence-corrected chi connectivity index (χ3v) is 19.6. The molecule has 6 heteroatoms. The monoisotopic (exact) mass is 1260 g/mol. The summed E-state index contributed by atoms with van der Waals surface area (Å²) in [5.41, 5.74) is -4.53. The smallest absolute Gasteiger partial charge is 0.252 e. The van der Waals surface area contributed by atoms with Crippen molar-refractivity contribution in [3.63, 3.8) is 0 Å². The fourth-order valence-electron chi connectivity index (χ4n) is 13.8. The minimum atomic E-state index is -1.92. The number of aromatic nitrogens is 2. The number of benzene rings is 12. The number of rotatable bonds is 12. The maximum atomic E-state index is 11.7. The predicted molar refractivity (Wildman–Crippen MR) is 408 cm³/mol. The van der Waals surface area contributed by atoms with Crippen molar-refractivity contribution in [3.05, 3.63) is 270 Å². The molecule has 17 rings (SSSR count). The van der Waals surface area contributed by atoms with Crippen molar-refractivity contribution in [2.45, 2.75) is 105 Å². The Bertz CT molecular complexity index is 6900. The normalized spacial score (nSPS) is 17.0. The van der Waals surface area contributed by atoms with E-state index in [2.05, 4.69) is 6.07 Å². The summed E-state index contributed by atoms with van der Waals surface area (Å²) in [6.07, 6.45) is 3.04. The van der Waals surface area contributed by atoms with Crippen molar-refractivity contribution in [1.29, 1.82) is 0 Å². The van der Waals surface area contributed by atoms with Crippen LogP contribution in [-0.2, 0) is 23.7 Å². The lowest BCUT2D eigenvalue weighted by Gasteiger charge is -2.46. The van der Waals surface area contributed by atoms with Crippen LogP contribution in [0.25, 0.3) is 97.4 Å². The van der Waals surface area contributed by atoms with E-state index in [-0.39, 0.29) is 79.5 Å². The minimum absolute atomic E-state index is 0.0183. The zero-order chi connectivity index (χ0) is 86.4. The molecule has 4 nitrogen and oxygen atoms in total. The first-order valence-electron chi connectivity index (χ1n) is 45.1. The van der Waals surface area contributed by atoms with Gasteiger partial charge in [-0.3, -0.25) is 0 Å². The molecule has 0 saturated carbocycles. The molecule has 0 radical (unpaired) electrons. The number of unbranched alkanes of at least 4 members (excludes halogenated alkanes) is 2. The van der Waals surface area contributed by atoms with Crippen molar-refractivity contribution in [2.24, 2.45) is 0 Å². The highest BCUT2D eigenvalue weighted by Gasteiger charge is 2.46. The molecule has 12 aromatic carbocycles. The standard InChI is InChI=1S/C88H77BN4S/c1-9-11-29-58-49-71-67-39-23-28-44-82(67)94-86(71)68(34-12-10-2)84(58)92-78-54-61(90-74-40-24-19-35-63(74)64-36-20-25-41-75(64)90)45-47-72(78)89-73-48-46-62(91-76-42-26-21-37-65(76)66-38-22-27-43-77(66)91)55-79(73)93(81-53-60(88(6,7)8)52-80(92)83(81)89)85-69(56-30-15-13-16-31-56)50-59(87(3,4)5)51-70(85)57-32-17-14-18-33-57/h13-28,30-33,35-55H,9-12,29,34H2,1-8H3/i19D,20D,21D,22D,24D,25D,26D,27D,35D,36D,37D,38D,40D,41D,42D,43D,45D,46D,47D,48D,50D,51D,52D,53D,54D,55D. The zero-order valence-corrected chi connectivity index (χ0v) is 54.0. The second kappa shape index (κ2) is 22.4. The number of hydrogen-bond donors (Lipinski definition) is 0. The minimum Gasteiger partial charge on any atom is -0.311 e. The molecule has 0 spiro atoms. The topological polar surface area (TPSA) is 16.3 Å². The molecule has 2 aliphatic heterocycles. The average molecular weight is 1260 g/mol. The zero-order valence-electron chi connectivity index (χ0n) is 79.2. The van der Waals surface area contributed by atoms with Crippen LogP contribution in [0.4, 0.5) is 34.1 Å². The van der Waals surface area contributed by atoms with Crippen LogP contribution in [0.3, 0.4) is 0 Å². The number of anilines is 6. The fourth-order valence-corrected chi connectivity index (χ4v) is 15.1. The highest BCUT2D eigenvalue weighted by atomic mass is 32.1. The molecule has 0 aliphatic carbocycles. The summed E-state index contributed by atoms with van der Waals surface area (Å²) in [6.45, 7) is 13.1. The van der Waals surface area contributed by atoms with E-state index in [1.165, 1.54) is 16.2 Å². The van der Waals surface area contributed by atoms with Gasteiger partial charge in [0.1, 0.15) is 0 Å². The summed E-state index contributed by atoms with van der Waals surface area (Å²) in [7, 11) is 0. The van der Waals surface area contributed by atoms with Gasteiger partial charge in [0.15, 0.2) is 0 Å². The van der Waals surface area contributed by atoms with E-state index in [1.54, 1.807) is 86.3 Å². The Balaban J connectivity index is 1.20. The van der Waals surface area contributed by atoms with Gasteiger partial charge in [-0.05, 0) is 171 Å². The van der Waals surface area contributed by atoms with Gasteiger partial charge in [0, 0.05) is 87.0 Å². The fraction of sp³-hybridized carbons (Fsp3) is 0.182. The maximum Gasteiger partial charge on any atom is 0.252 e. The molecule has 0 N–H and O–H groups in total. The van der Waals surface area contributed by atoms with Crippen LogP contribution in [-0.4, -0.2) is 15.8 Å². The largest absolute Gasteiger partial charge is 0.311 e. The molecule has 458 valence electrons. The van der Waals surface area contributed by atoms with Crippen LogP contribution < -0.4 is 26.2 Å². The van der Waals surface area contributed by atoms with Gasteiger partial charge in [0.05, 0.1) is 69.1 Å². The second-order valence-corrected chi connectivity index (χ2v) is 27.4. The number of para-hydroxylation sites is 4. The number of aryl methyl sites for hydroxylation is 2. The lowest BCUT2D eigenvalue weighted by molar-refractivity contribution is 0.590. The van der Waals surface area contributed by atoms with E-state index in [0.29, 0.717) is 66.5 Å². The second-order valence-electron chi connectivity index (χ2n) is 26.4. The molecule has 0 unspecified atom stereocenters. The van der Waals surface area contributed by atoms with E-state index < -0.39 is 217 Å². The Hall–Kier alpha value is -9.88. The molecule has 0 saturated heterocycles. The first-order valence-corrected chi connectivity index (χ1v) is 32.9. The van der Waals surface area contributed by atoms with E-state index in [1.807, 2.05) is 58.9 Å². The molecular formula is C88H77BN4S. The van der Waals surface area contributed by atoms with Crippen molar-refractivity contribution in [2.75, 3.05) is 9.80 Å². The molecular weight excluding hydrogens is 1160 g/mol. The lowest BCUT2D eigenvalue weighted by Crippen LogP contribution is -2.61. The quantitative estimate of drug-likeness (QED) is 0.113. The predicted octanol–water partition coefficient (Wildman–Crippen LogP) is 22.9. The van der Waals surface area contributed by atoms with Gasteiger partial charge in [-0.15, -0.1) is 11.3 Å². The SMILES string of the molecule is [2H]c1c([2H])c(-n2c3c([2H])c([2H])c([2H])c([2H])c3c3c([2H])c([2H])c([2H])c([2H])c32)c([2H])c2c1B1c3c([2H])c([2H])c(-n4c5c([2H])c([2H])c([2H])c([2H])c5c5c([2H])c([2H])c([2H])c([2H])c54)c([2H])c3N(c3c(CCCC)cc4c(sc5ccccc54)c3CCCC)c3c([2H])c(C(C)(C)C)c([2H])c(c31)N2c1c(-c2ccccc2)c([2H])c(C(C)(C)C)c([2H])c1-c1ccccc1. The Morgan fingerprint density at radius 2 is 0.862 bits per heavy atom. The van der Waals surface area contributed by atoms with Crippen LogP contribution in [0.5, 0.6) is 0 Å². The van der Waals surface area contributed by atoms with Crippen molar-refractivity contribution < 1.29 is 35.6 Å². The molecule has 0 amide bonds. The van der Waals surface area contributed by atoms with Crippen LogP contribution in [0.15, 0.2) is 248 Å². The van der Waals surface area contributed by atoms with Crippen LogP contribution in [0, 0.1) is 0 Å². The van der Waals surface area contributed by atoms with E-state index in [9.17, 15) is 30.2 Å². The highest BCUT2D eigenvalue weighted by molar-refractivity contribution is 7.26. The van der Waals surface area contributed by atoms with Gasteiger partial charge in [-0.1, -0.05) is 232 Å². The van der Waals surface area contributed by atoms with Gasteiger partial charge in [0.2, 0.25) is 0 Å². The van der Waals surface area contributed by atoms with E-state index >= 15 is 0 Å². The first-order chi connectivity index (χ1) is 56.7. The van der Waals surface area contributed by atoms with Gasteiger partial charge < -0.3 is 18.9 Å². The van der Waals surface area contributed by atoms with Crippen molar-refractivity contribution >= 4 is 132 Å². The summed E-state index contributed by atoms with van der Waals surface area (Å²) in [5.74, 6) is 0. The number of thiophene rings is 1. The highest BCUT2D eigenvalue weighted by Crippen LogP contribution is 2.55. The summed E-state index contributed by atoms with van der Waals surface area (Å²) in [4.78, 5) is 3.22. The molecule has 0 atom stereocenters. The number of hydrogen-bond acceptors (Lipinski definition) is 3.